The average molecular weight is 348 g/mol. The third-order valence-corrected chi connectivity index (χ3v) is 4.13. The number of nitrogens with one attached hydrogen (secondary N) is 1. The molecule has 1 saturated heterocycles. The van der Waals surface area contributed by atoms with Crippen LogP contribution >= 0.6 is 0 Å². The van der Waals surface area contributed by atoms with Gasteiger partial charge in [-0.2, -0.15) is 0 Å². The third kappa shape index (κ3) is 4.55. The number of benzene rings is 1. The quantitative estimate of drug-likeness (QED) is 0.684. The molecule has 8 nitrogen and oxygen atoms in total. The molecule has 1 heterocycles. The lowest BCUT2D eigenvalue weighted by Gasteiger charge is -2.27. The van der Waals surface area contributed by atoms with Crippen LogP contribution in [0.2, 0.25) is 0 Å². The van der Waals surface area contributed by atoms with Crippen LogP contribution in [-0.2, 0) is 19.1 Å². The Labute approximate surface area is 146 Å². The topological polar surface area (TPSA) is 105 Å². The summed E-state index contributed by atoms with van der Waals surface area (Å²) in [5.74, 6) is -1.25. The number of primary amides is 1. The largest absolute Gasteiger partial charge is 0.370 e. The van der Waals surface area contributed by atoms with Crippen LogP contribution in [0.5, 0.6) is 0 Å². The van der Waals surface area contributed by atoms with Crippen LogP contribution in [0.25, 0.3) is 0 Å². The molecule has 0 aromatic heterocycles. The molecule has 0 aliphatic carbocycles. The van der Waals surface area contributed by atoms with Crippen molar-refractivity contribution in [3.8, 4) is 0 Å². The summed E-state index contributed by atoms with van der Waals surface area (Å²) in [5, 5.41) is 2.70. The number of nitrogens with zero attached hydrogens (tertiary/aromatic N) is 2. The molecule has 0 bridgehead atoms. The Balaban J connectivity index is 2.08. The summed E-state index contributed by atoms with van der Waals surface area (Å²) in [6.07, 6.45) is 0. The van der Waals surface area contributed by atoms with Crippen molar-refractivity contribution in [1.29, 1.82) is 0 Å². The van der Waals surface area contributed by atoms with Crippen molar-refractivity contribution < 1.29 is 19.1 Å². The van der Waals surface area contributed by atoms with Crippen molar-refractivity contribution in [1.82, 2.24) is 4.90 Å². The highest BCUT2D eigenvalue weighted by molar-refractivity contribution is 6.09. The monoisotopic (exact) mass is 348 g/mol. The molecule has 8 heteroatoms. The first-order valence-corrected chi connectivity index (χ1v) is 8.30. The minimum absolute atomic E-state index is 0.0721. The van der Waals surface area contributed by atoms with Gasteiger partial charge in [-0.25, -0.2) is 0 Å². The second-order valence-electron chi connectivity index (χ2n) is 5.66. The van der Waals surface area contributed by atoms with E-state index in [9.17, 15) is 14.4 Å². The summed E-state index contributed by atoms with van der Waals surface area (Å²) < 4.78 is 5.11. The third-order valence-electron chi connectivity index (χ3n) is 4.13. The Kier molecular flexibility index (Phi) is 6.49. The first-order valence-electron chi connectivity index (χ1n) is 8.30. The second kappa shape index (κ2) is 8.59. The van der Waals surface area contributed by atoms with Gasteiger partial charge in [-0.3, -0.25) is 19.3 Å². The molecule has 136 valence electrons. The molecule has 1 aromatic carbocycles. The van der Waals surface area contributed by atoms with Gasteiger partial charge in [0.05, 0.1) is 6.61 Å². The highest BCUT2D eigenvalue weighted by Gasteiger charge is 2.29. The summed E-state index contributed by atoms with van der Waals surface area (Å²) in [6.45, 7) is 5.86. The van der Waals surface area contributed by atoms with Crippen molar-refractivity contribution in [2.75, 3.05) is 43.1 Å². The minimum atomic E-state index is -1.02. The summed E-state index contributed by atoms with van der Waals surface area (Å²) in [4.78, 5) is 39.2. The number of anilines is 2. The molecular weight excluding hydrogens is 324 g/mol. The number of nitrogens with two attached hydrogens (primary N) is 1. The maximum Gasteiger partial charge on any atom is 0.253 e. The van der Waals surface area contributed by atoms with Crippen molar-refractivity contribution in [3.63, 3.8) is 0 Å². The molecule has 1 fully saturated rings. The van der Waals surface area contributed by atoms with Gasteiger partial charge in [-0.05, 0) is 37.4 Å². The van der Waals surface area contributed by atoms with Gasteiger partial charge in [0.25, 0.3) is 11.8 Å². The van der Waals surface area contributed by atoms with Crippen molar-refractivity contribution >= 4 is 29.1 Å². The number of likely N-dealkylation sites (N-methyl/N-ethyl adjacent to an activating group) is 1. The summed E-state index contributed by atoms with van der Waals surface area (Å²) in [5.41, 5.74) is 6.66. The van der Waals surface area contributed by atoms with E-state index in [0.717, 1.165) is 5.69 Å². The van der Waals surface area contributed by atoms with Crippen LogP contribution in [0, 0.1) is 0 Å². The van der Waals surface area contributed by atoms with E-state index in [2.05, 4.69) is 5.32 Å². The SMILES string of the molecule is CCN(CC)[C@H](C(N)=O)C(=O)Nc1ccc(N2CCOCC2=O)cc1. The zero-order valence-corrected chi connectivity index (χ0v) is 14.5. The highest BCUT2D eigenvalue weighted by Crippen LogP contribution is 2.20. The van der Waals surface area contributed by atoms with Gasteiger partial charge >= 0.3 is 0 Å². The van der Waals surface area contributed by atoms with E-state index in [0.29, 0.717) is 31.9 Å². The molecule has 2 rings (SSSR count). The molecule has 1 atom stereocenters. The van der Waals surface area contributed by atoms with Gasteiger partial charge in [-0.15, -0.1) is 0 Å². The zero-order valence-electron chi connectivity index (χ0n) is 14.5. The van der Waals surface area contributed by atoms with Crippen LogP contribution in [0.1, 0.15) is 13.8 Å². The van der Waals surface area contributed by atoms with E-state index in [1.807, 2.05) is 13.8 Å². The van der Waals surface area contributed by atoms with Crippen LogP contribution in [0.15, 0.2) is 24.3 Å². The van der Waals surface area contributed by atoms with E-state index in [1.54, 1.807) is 34.1 Å². The fraction of sp³-hybridized carbons (Fsp3) is 0.471. The number of morpholine rings is 1. The predicted octanol–water partition coefficient (Wildman–Crippen LogP) is 0.184. The van der Waals surface area contributed by atoms with Gasteiger partial charge in [0.15, 0.2) is 6.04 Å². The van der Waals surface area contributed by atoms with Gasteiger partial charge in [0.1, 0.15) is 6.61 Å². The van der Waals surface area contributed by atoms with Crippen LogP contribution in [-0.4, -0.2) is 61.5 Å². The van der Waals surface area contributed by atoms with Gasteiger partial charge < -0.3 is 20.7 Å². The number of carbonyl (C=O) groups excluding carboxylic acids is 3. The molecule has 3 N–H and O–H groups in total. The lowest BCUT2D eigenvalue weighted by atomic mass is 10.2. The van der Waals surface area contributed by atoms with Crippen LogP contribution in [0.4, 0.5) is 11.4 Å². The Bertz CT molecular complexity index is 628. The fourth-order valence-electron chi connectivity index (χ4n) is 2.79. The lowest BCUT2D eigenvalue weighted by Crippen LogP contribution is -2.52. The predicted molar refractivity (Wildman–Crippen MR) is 94.1 cm³/mol. The number of hydrogen-bond acceptors (Lipinski definition) is 5. The normalized spacial score (nSPS) is 16.0. The van der Waals surface area contributed by atoms with Crippen LogP contribution < -0.4 is 16.0 Å². The first kappa shape index (κ1) is 18.9. The number of carbonyl (C=O) groups is 3. The molecule has 0 unspecified atom stereocenters. The van der Waals surface area contributed by atoms with Gasteiger partial charge in [0.2, 0.25) is 5.91 Å². The molecule has 25 heavy (non-hydrogen) atoms. The lowest BCUT2D eigenvalue weighted by molar-refractivity contribution is -0.132. The van der Waals surface area contributed by atoms with E-state index in [-0.39, 0.29) is 12.5 Å². The molecule has 1 aromatic rings. The van der Waals surface area contributed by atoms with Gasteiger partial charge in [0, 0.05) is 17.9 Å². The standard InChI is InChI=1S/C17H24N4O4/c1-3-20(4-2)15(16(18)23)17(24)19-12-5-7-13(8-6-12)21-9-10-25-11-14(21)22/h5-8,15H,3-4,9-11H2,1-2H3,(H2,18,23)(H,19,24)/t15-/m1/s1. The summed E-state index contributed by atoms with van der Waals surface area (Å²) >= 11 is 0. The number of amides is 3. The Morgan fingerprint density at radius 2 is 1.92 bits per heavy atom. The minimum Gasteiger partial charge on any atom is -0.370 e. The van der Waals surface area contributed by atoms with Crippen molar-refractivity contribution in [2.24, 2.45) is 5.73 Å². The smallest absolute Gasteiger partial charge is 0.253 e. The average Bonchev–Trinajstić information content (AvgIpc) is 2.60. The van der Waals surface area contributed by atoms with E-state index in [4.69, 9.17) is 10.5 Å². The zero-order chi connectivity index (χ0) is 18.4. The maximum atomic E-state index is 12.4. The van der Waals surface area contributed by atoms with E-state index < -0.39 is 17.9 Å². The molecule has 1 aliphatic rings. The fourth-order valence-corrected chi connectivity index (χ4v) is 2.79. The number of ether oxygens (including phenoxy) is 1. The molecule has 1 aliphatic heterocycles. The van der Waals surface area contributed by atoms with Crippen molar-refractivity contribution in [3.05, 3.63) is 24.3 Å². The summed E-state index contributed by atoms with van der Waals surface area (Å²) in [7, 11) is 0. The van der Waals surface area contributed by atoms with Gasteiger partial charge in [-0.1, -0.05) is 13.8 Å². The first-order chi connectivity index (χ1) is 12.0. The Hall–Kier alpha value is -2.45. The summed E-state index contributed by atoms with van der Waals surface area (Å²) in [6, 6.07) is 5.85. The Morgan fingerprint density at radius 3 is 2.44 bits per heavy atom. The van der Waals surface area contributed by atoms with Crippen LogP contribution in [0.3, 0.4) is 0 Å². The highest BCUT2D eigenvalue weighted by atomic mass is 16.5. The molecule has 0 saturated carbocycles. The molecule has 3 amide bonds. The maximum absolute atomic E-state index is 12.4. The van der Waals surface area contributed by atoms with E-state index in [1.165, 1.54) is 0 Å². The second-order valence-corrected chi connectivity index (χ2v) is 5.66. The number of hydrogen-bond donors (Lipinski definition) is 2. The molecule has 0 spiro atoms. The van der Waals surface area contributed by atoms with E-state index >= 15 is 0 Å². The number of rotatable bonds is 7. The van der Waals surface area contributed by atoms with Crippen molar-refractivity contribution in [2.45, 2.75) is 19.9 Å². The Morgan fingerprint density at radius 1 is 1.28 bits per heavy atom. The molecule has 0 radical (unpaired) electrons. The molecular formula is C17H24N4O4.